The second kappa shape index (κ2) is 9.99. The zero-order valence-corrected chi connectivity index (χ0v) is 15.4. The molecule has 0 aromatic heterocycles. The lowest BCUT2D eigenvalue weighted by molar-refractivity contribution is -0.117. The van der Waals surface area contributed by atoms with Crippen LogP contribution in [0.2, 0.25) is 0 Å². The molecule has 0 saturated carbocycles. The van der Waals surface area contributed by atoms with E-state index in [1.54, 1.807) is 0 Å². The number of hydrogen-bond acceptors (Lipinski definition) is 6. The Morgan fingerprint density at radius 1 is 0.962 bits per heavy atom. The van der Waals surface area contributed by atoms with Crippen molar-refractivity contribution in [2.45, 2.75) is 6.54 Å². The van der Waals surface area contributed by atoms with Gasteiger partial charge in [0.05, 0.1) is 26.4 Å². The summed E-state index contributed by atoms with van der Waals surface area (Å²) in [5, 5.41) is 12.0. The number of nitrogens with zero attached hydrogens (tertiary/aromatic N) is 3. The van der Waals surface area contributed by atoms with E-state index in [1.807, 2.05) is 12.1 Å². The molecule has 0 bridgehead atoms. The normalized spacial score (nSPS) is 20.2. The summed E-state index contributed by atoms with van der Waals surface area (Å²) < 4.78 is 5.37. The standard InChI is InChI=1S/C19H30N4O3/c24-12-9-21-5-7-22(8-6-21)16-19(25)20-18-3-1-17(2-4-18)15-23-10-13-26-14-11-23/h1-4,24H,5-16H2,(H,20,25). The number of amides is 1. The summed E-state index contributed by atoms with van der Waals surface area (Å²) in [6.07, 6.45) is 0. The number of ether oxygens (including phenoxy) is 1. The number of piperazine rings is 1. The van der Waals surface area contributed by atoms with Crippen LogP contribution in [0.3, 0.4) is 0 Å². The predicted molar refractivity (Wildman–Crippen MR) is 101 cm³/mol. The van der Waals surface area contributed by atoms with Crippen molar-refractivity contribution in [2.24, 2.45) is 0 Å². The van der Waals surface area contributed by atoms with Crippen LogP contribution in [0.1, 0.15) is 5.56 Å². The Morgan fingerprint density at radius 3 is 2.27 bits per heavy atom. The summed E-state index contributed by atoms with van der Waals surface area (Å²) in [6.45, 7) is 9.38. The van der Waals surface area contributed by atoms with Crippen molar-refractivity contribution in [3.63, 3.8) is 0 Å². The summed E-state index contributed by atoms with van der Waals surface area (Å²) in [5.41, 5.74) is 2.10. The molecule has 2 aliphatic heterocycles. The summed E-state index contributed by atoms with van der Waals surface area (Å²) in [6, 6.07) is 8.12. The minimum absolute atomic E-state index is 0.0292. The third-order valence-electron chi connectivity index (χ3n) is 5.00. The highest BCUT2D eigenvalue weighted by Gasteiger charge is 2.18. The molecule has 7 nitrogen and oxygen atoms in total. The molecule has 7 heteroatoms. The molecule has 2 saturated heterocycles. The number of hydrogen-bond donors (Lipinski definition) is 2. The number of carbonyl (C=O) groups is 1. The largest absolute Gasteiger partial charge is 0.395 e. The van der Waals surface area contributed by atoms with Crippen LogP contribution in [-0.4, -0.2) is 97.9 Å². The molecule has 1 amide bonds. The molecular formula is C19H30N4O3. The monoisotopic (exact) mass is 362 g/mol. The Labute approximate surface area is 155 Å². The van der Waals surface area contributed by atoms with Gasteiger partial charge in [0.2, 0.25) is 5.91 Å². The molecule has 0 spiro atoms. The molecule has 2 N–H and O–H groups in total. The van der Waals surface area contributed by atoms with Crippen LogP contribution >= 0.6 is 0 Å². The predicted octanol–water partition coefficient (Wildman–Crippen LogP) is 0.0672. The average molecular weight is 362 g/mol. The maximum Gasteiger partial charge on any atom is 0.238 e. The van der Waals surface area contributed by atoms with Gasteiger partial charge in [-0.15, -0.1) is 0 Å². The number of aliphatic hydroxyl groups is 1. The first kappa shape index (κ1) is 19.3. The molecular weight excluding hydrogens is 332 g/mol. The maximum absolute atomic E-state index is 12.3. The van der Waals surface area contributed by atoms with Gasteiger partial charge < -0.3 is 15.2 Å². The van der Waals surface area contributed by atoms with Gasteiger partial charge in [-0.05, 0) is 17.7 Å². The number of aliphatic hydroxyl groups excluding tert-OH is 1. The molecule has 0 atom stereocenters. The van der Waals surface area contributed by atoms with E-state index >= 15 is 0 Å². The Kier molecular flexibility index (Phi) is 7.40. The van der Waals surface area contributed by atoms with Crippen LogP contribution in [0.5, 0.6) is 0 Å². The van der Waals surface area contributed by atoms with Crippen molar-refractivity contribution in [1.29, 1.82) is 0 Å². The molecule has 1 aromatic carbocycles. The van der Waals surface area contributed by atoms with Crippen molar-refractivity contribution >= 4 is 11.6 Å². The Hall–Kier alpha value is -1.51. The number of morpholine rings is 1. The fourth-order valence-corrected chi connectivity index (χ4v) is 3.43. The molecule has 0 radical (unpaired) electrons. The van der Waals surface area contributed by atoms with Crippen LogP contribution in [0, 0.1) is 0 Å². The number of benzene rings is 1. The van der Waals surface area contributed by atoms with Crippen molar-refractivity contribution in [3.05, 3.63) is 29.8 Å². The van der Waals surface area contributed by atoms with E-state index in [-0.39, 0.29) is 12.5 Å². The van der Waals surface area contributed by atoms with Crippen LogP contribution in [0.15, 0.2) is 24.3 Å². The first-order valence-electron chi connectivity index (χ1n) is 9.47. The van der Waals surface area contributed by atoms with Gasteiger partial charge in [-0.25, -0.2) is 0 Å². The lowest BCUT2D eigenvalue weighted by Crippen LogP contribution is -2.49. The van der Waals surface area contributed by atoms with Crippen molar-refractivity contribution in [3.8, 4) is 0 Å². The van der Waals surface area contributed by atoms with Gasteiger partial charge in [-0.2, -0.15) is 0 Å². The van der Waals surface area contributed by atoms with Gasteiger partial charge in [0.25, 0.3) is 0 Å². The first-order chi connectivity index (χ1) is 12.7. The molecule has 0 unspecified atom stereocenters. The molecule has 26 heavy (non-hydrogen) atoms. The lowest BCUT2D eigenvalue weighted by atomic mass is 10.2. The van der Waals surface area contributed by atoms with Gasteiger partial charge in [0.1, 0.15) is 0 Å². The number of anilines is 1. The molecule has 144 valence electrons. The average Bonchev–Trinajstić information content (AvgIpc) is 2.66. The fraction of sp³-hybridized carbons (Fsp3) is 0.632. The van der Waals surface area contributed by atoms with E-state index in [0.29, 0.717) is 6.54 Å². The van der Waals surface area contributed by atoms with Crippen LogP contribution < -0.4 is 5.32 Å². The molecule has 0 aliphatic carbocycles. The maximum atomic E-state index is 12.3. The SMILES string of the molecule is O=C(CN1CCN(CCO)CC1)Nc1ccc(CN2CCOCC2)cc1. The van der Waals surface area contributed by atoms with Gasteiger partial charge in [0.15, 0.2) is 0 Å². The fourth-order valence-electron chi connectivity index (χ4n) is 3.43. The van der Waals surface area contributed by atoms with E-state index < -0.39 is 0 Å². The molecule has 2 aliphatic rings. The van der Waals surface area contributed by atoms with E-state index in [0.717, 1.165) is 71.3 Å². The topological polar surface area (TPSA) is 68.3 Å². The molecule has 1 aromatic rings. The van der Waals surface area contributed by atoms with E-state index in [1.165, 1.54) is 5.56 Å². The lowest BCUT2D eigenvalue weighted by Gasteiger charge is -2.33. The van der Waals surface area contributed by atoms with Crippen molar-refractivity contribution in [1.82, 2.24) is 14.7 Å². The number of β-amino-alcohol motifs (C(OH)–C–C–N with tert-alkyl or cyclic N) is 1. The quantitative estimate of drug-likeness (QED) is 0.715. The Bertz CT molecular complexity index is 552. The van der Waals surface area contributed by atoms with Crippen LogP contribution in [0.4, 0.5) is 5.69 Å². The zero-order valence-electron chi connectivity index (χ0n) is 15.4. The van der Waals surface area contributed by atoms with E-state index in [9.17, 15) is 4.79 Å². The third kappa shape index (κ3) is 6.03. The van der Waals surface area contributed by atoms with Gasteiger partial charge >= 0.3 is 0 Å². The molecule has 2 fully saturated rings. The molecule has 3 rings (SSSR count). The number of nitrogens with one attached hydrogen (secondary N) is 1. The third-order valence-corrected chi connectivity index (χ3v) is 5.00. The Balaban J connectivity index is 1.40. The minimum atomic E-state index is 0.0292. The first-order valence-corrected chi connectivity index (χ1v) is 9.47. The Morgan fingerprint density at radius 2 is 1.62 bits per heavy atom. The summed E-state index contributed by atoms with van der Waals surface area (Å²) in [5.74, 6) is 0.0292. The van der Waals surface area contributed by atoms with Gasteiger partial charge in [-0.1, -0.05) is 12.1 Å². The number of carbonyl (C=O) groups excluding carboxylic acids is 1. The highest BCUT2D eigenvalue weighted by molar-refractivity contribution is 5.92. The summed E-state index contributed by atoms with van der Waals surface area (Å²) in [4.78, 5) is 19.0. The second-order valence-electron chi connectivity index (χ2n) is 6.98. The van der Waals surface area contributed by atoms with Crippen LogP contribution in [-0.2, 0) is 16.1 Å². The minimum Gasteiger partial charge on any atom is -0.395 e. The molecule has 2 heterocycles. The summed E-state index contributed by atoms with van der Waals surface area (Å²) >= 11 is 0. The van der Waals surface area contributed by atoms with E-state index in [4.69, 9.17) is 9.84 Å². The zero-order chi connectivity index (χ0) is 18.2. The van der Waals surface area contributed by atoms with Crippen LogP contribution in [0.25, 0.3) is 0 Å². The highest BCUT2D eigenvalue weighted by atomic mass is 16.5. The smallest absolute Gasteiger partial charge is 0.238 e. The second-order valence-corrected chi connectivity index (χ2v) is 6.98. The van der Waals surface area contributed by atoms with Crippen molar-refractivity contribution < 1.29 is 14.6 Å². The number of rotatable bonds is 7. The van der Waals surface area contributed by atoms with Gasteiger partial charge in [-0.3, -0.25) is 19.5 Å². The van der Waals surface area contributed by atoms with E-state index in [2.05, 4.69) is 32.1 Å². The van der Waals surface area contributed by atoms with Gasteiger partial charge in [0, 0.05) is 58.0 Å². The van der Waals surface area contributed by atoms with Crippen molar-refractivity contribution in [2.75, 3.05) is 77.5 Å². The summed E-state index contributed by atoms with van der Waals surface area (Å²) in [7, 11) is 0. The highest BCUT2D eigenvalue weighted by Crippen LogP contribution is 2.13.